The fraction of sp³-hybridized carbons (Fsp3) is 0.429. The lowest BCUT2D eigenvalue weighted by molar-refractivity contribution is -0.159. The highest BCUT2D eigenvalue weighted by molar-refractivity contribution is 9.10. The Kier molecular flexibility index (Phi) is 4.32. The van der Waals surface area contributed by atoms with Gasteiger partial charge in [-0.1, -0.05) is 0 Å². The topological polar surface area (TPSA) is 78.4 Å². The SMILES string of the molecule is CC1(CC(=O)N/N=C\c2cc3c(cc2Br)OCO3)OCCO1. The summed E-state index contributed by atoms with van der Waals surface area (Å²) in [6.45, 7) is 2.93. The molecule has 0 atom stereocenters. The molecular weight excluding hydrogens is 356 g/mol. The molecule has 1 N–H and O–H groups in total. The molecule has 0 unspecified atom stereocenters. The van der Waals surface area contributed by atoms with Crippen molar-refractivity contribution in [2.75, 3.05) is 20.0 Å². The molecule has 0 aliphatic carbocycles. The van der Waals surface area contributed by atoms with Crippen LogP contribution in [-0.2, 0) is 14.3 Å². The fourth-order valence-corrected chi connectivity index (χ4v) is 2.62. The van der Waals surface area contributed by atoms with E-state index in [0.717, 1.165) is 10.0 Å². The molecule has 0 bridgehead atoms. The minimum Gasteiger partial charge on any atom is -0.454 e. The number of hydrogen-bond acceptors (Lipinski definition) is 6. The highest BCUT2D eigenvalue weighted by Gasteiger charge is 2.33. The van der Waals surface area contributed by atoms with Crippen molar-refractivity contribution < 1.29 is 23.7 Å². The lowest BCUT2D eigenvalue weighted by Crippen LogP contribution is -2.33. The van der Waals surface area contributed by atoms with Crippen LogP contribution >= 0.6 is 15.9 Å². The third-order valence-electron chi connectivity index (χ3n) is 3.26. The van der Waals surface area contributed by atoms with Crippen LogP contribution in [0.4, 0.5) is 0 Å². The molecule has 22 heavy (non-hydrogen) atoms. The Morgan fingerprint density at radius 1 is 1.36 bits per heavy atom. The van der Waals surface area contributed by atoms with Gasteiger partial charge in [-0.15, -0.1) is 0 Å². The van der Waals surface area contributed by atoms with Crippen molar-refractivity contribution in [3.63, 3.8) is 0 Å². The summed E-state index contributed by atoms with van der Waals surface area (Å²) in [7, 11) is 0. The third kappa shape index (κ3) is 3.40. The Labute approximate surface area is 135 Å². The zero-order chi connectivity index (χ0) is 15.6. The first-order chi connectivity index (χ1) is 10.6. The number of benzene rings is 1. The number of ether oxygens (including phenoxy) is 4. The second-order valence-corrected chi connectivity index (χ2v) is 5.88. The molecule has 8 heteroatoms. The molecule has 0 spiro atoms. The van der Waals surface area contributed by atoms with Gasteiger partial charge in [0.25, 0.3) is 0 Å². The molecule has 0 aromatic heterocycles. The monoisotopic (exact) mass is 370 g/mol. The number of fused-ring (bicyclic) bond motifs is 1. The minimum absolute atomic E-state index is 0.0899. The lowest BCUT2D eigenvalue weighted by Gasteiger charge is -2.20. The third-order valence-corrected chi connectivity index (χ3v) is 3.95. The predicted octanol–water partition coefficient (Wildman–Crippen LogP) is 1.78. The van der Waals surface area contributed by atoms with E-state index in [0.29, 0.717) is 24.7 Å². The maximum Gasteiger partial charge on any atom is 0.245 e. The van der Waals surface area contributed by atoms with Gasteiger partial charge in [0.1, 0.15) is 0 Å². The highest BCUT2D eigenvalue weighted by Crippen LogP contribution is 2.36. The fourth-order valence-electron chi connectivity index (χ4n) is 2.20. The summed E-state index contributed by atoms with van der Waals surface area (Å²) in [4.78, 5) is 11.8. The van der Waals surface area contributed by atoms with Gasteiger partial charge in [-0.3, -0.25) is 4.79 Å². The van der Waals surface area contributed by atoms with Crippen molar-refractivity contribution in [3.8, 4) is 11.5 Å². The average molecular weight is 371 g/mol. The summed E-state index contributed by atoms with van der Waals surface area (Å²) in [6, 6.07) is 3.58. The van der Waals surface area contributed by atoms with Gasteiger partial charge in [-0.2, -0.15) is 5.10 Å². The Balaban J connectivity index is 1.59. The van der Waals surface area contributed by atoms with Gasteiger partial charge in [0.15, 0.2) is 17.3 Å². The standard InChI is InChI=1S/C14H15BrN2O5/c1-14(21-2-3-22-14)6-13(18)17-16-7-9-4-11-12(5-10(9)15)20-8-19-11/h4-5,7H,2-3,6,8H2,1H3,(H,17,18)/b16-7-. The zero-order valence-corrected chi connectivity index (χ0v) is 13.5. The molecule has 3 rings (SSSR count). The van der Waals surface area contributed by atoms with Crippen molar-refractivity contribution in [3.05, 3.63) is 22.2 Å². The van der Waals surface area contributed by atoms with Crippen molar-refractivity contribution in [2.45, 2.75) is 19.1 Å². The van der Waals surface area contributed by atoms with Crippen LogP contribution in [0, 0.1) is 0 Å². The summed E-state index contributed by atoms with van der Waals surface area (Å²) in [5.41, 5.74) is 3.22. The second kappa shape index (κ2) is 6.23. The van der Waals surface area contributed by atoms with Gasteiger partial charge in [0, 0.05) is 10.0 Å². The summed E-state index contributed by atoms with van der Waals surface area (Å²) < 4.78 is 22.1. The van der Waals surface area contributed by atoms with Crippen molar-refractivity contribution >= 4 is 28.1 Å². The van der Waals surface area contributed by atoms with E-state index >= 15 is 0 Å². The molecule has 1 fully saturated rings. The van der Waals surface area contributed by atoms with Gasteiger partial charge < -0.3 is 18.9 Å². The van der Waals surface area contributed by atoms with Gasteiger partial charge in [0.05, 0.1) is 25.8 Å². The van der Waals surface area contributed by atoms with E-state index < -0.39 is 5.79 Å². The van der Waals surface area contributed by atoms with Crippen LogP contribution in [-0.4, -0.2) is 37.9 Å². The summed E-state index contributed by atoms with van der Waals surface area (Å²) >= 11 is 3.42. The summed E-state index contributed by atoms with van der Waals surface area (Å²) in [5, 5.41) is 3.94. The molecule has 1 saturated heterocycles. The molecule has 2 heterocycles. The smallest absolute Gasteiger partial charge is 0.245 e. The van der Waals surface area contributed by atoms with Crippen LogP contribution in [0.2, 0.25) is 0 Å². The zero-order valence-electron chi connectivity index (χ0n) is 11.9. The summed E-state index contributed by atoms with van der Waals surface area (Å²) in [6.07, 6.45) is 1.62. The van der Waals surface area contributed by atoms with Crippen molar-refractivity contribution in [1.82, 2.24) is 5.43 Å². The van der Waals surface area contributed by atoms with E-state index in [2.05, 4.69) is 26.5 Å². The molecule has 2 aliphatic heterocycles. The van der Waals surface area contributed by atoms with Crippen LogP contribution < -0.4 is 14.9 Å². The Morgan fingerprint density at radius 2 is 2.05 bits per heavy atom. The quantitative estimate of drug-likeness (QED) is 0.645. The van der Waals surface area contributed by atoms with Crippen LogP contribution in [0.3, 0.4) is 0 Å². The number of nitrogens with zero attached hydrogens (tertiary/aromatic N) is 1. The summed E-state index contributed by atoms with van der Waals surface area (Å²) in [5.74, 6) is 0.184. The predicted molar refractivity (Wildman–Crippen MR) is 80.9 cm³/mol. The number of hydrazone groups is 1. The van der Waals surface area contributed by atoms with Crippen LogP contribution in [0.5, 0.6) is 11.5 Å². The van der Waals surface area contributed by atoms with Crippen molar-refractivity contribution in [1.29, 1.82) is 0 Å². The van der Waals surface area contributed by atoms with E-state index in [1.807, 2.05) is 0 Å². The first-order valence-electron chi connectivity index (χ1n) is 6.75. The second-order valence-electron chi connectivity index (χ2n) is 5.03. The number of hydrogen-bond donors (Lipinski definition) is 1. The van der Waals surface area contributed by atoms with Crippen molar-refractivity contribution in [2.24, 2.45) is 5.10 Å². The first-order valence-corrected chi connectivity index (χ1v) is 7.54. The van der Waals surface area contributed by atoms with E-state index in [4.69, 9.17) is 18.9 Å². The Bertz CT molecular complexity index is 613. The maximum absolute atomic E-state index is 11.8. The van der Waals surface area contributed by atoms with E-state index in [1.54, 1.807) is 19.1 Å². The van der Waals surface area contributed by atoms with Crippen LogP contribution in [0.15, 0.2) is 21.7 Å². The number of amides is 1. The van der Waals surface area contributed by atoms with E-state index in [9.17, 15) is 4.79 Å². The normalized spacial score (nSPS) is 18.8. The van der Waals surface area contributed by atoms with Gasteiger partial charge in [0.2, 0.25) is 12.7 Å². The van der Waals surface area contributed by atoms with Crippen LogP contribution in [0.1, 0.15) is 18.9 Å². The molecule has 7 nitrogen and oxygen atoms in total. The molecule has 1 aromatic rings. The molecule has 0 saturated carbocycles. The average Bonchev–Trinajstić information content (AvgIpc) is 3.07. The number of carbonyl (C=O) groups is 1. The molecule has 2 aliphatic rings. The largest absolute Gasteiger partial charge is 0.454 e. The number of halogens is 1. The molecule has 1 amide bonds. The number of nitrogens with one attached hydrogen (secondary N) is 1. The molecule has 1 aromatic carbocycles. The first kappa shape index (κ1) is 15.3. The highest BCUT2D eigenvalue weighted by atomic mass is 79.9. The van der Waals surface area contributed by atoms with Crippen LogP contribution in [0.25, 0.3) is 0 Å². The molecule has 0 radical (unpaired) electrons. The number of rotatable bonds is 4. The maximum atomic E-state index is 11.8. The minimum atomic E-state index is -0.862. The molecular formula is C14H15BrN2O5. The Morgan fingerprint density at radius 3 is 2.77 bits per heavy atom. The van der Waals surface area contributed by atoms with Gasteiger partial charge >= 0.3 is 0 Å². The number of carbonyl (C=O) groups excluding carboxylic acids is 1. The molecule has 118 valence electrons. The van der Waals surface area contributed by atoms with Gasteiger partial charge in [-0.25, -0.2) is 5.43 Å². The lowest BCUT2D eigenvalue weighted by atomic mass is 10.2. The van der Waals surface area contributed by atoms with E-state index in [1.165, 1.54) is 6.21 Å². The Hall–Kier alpha value is -1.64. The van der Waals surface area contributed by atoms with Gasteiger partial charge in [-0.05, 0) is 35.0 Å². The van der Waals surface area contributed by atoms with E-state index in [-0.39, 0.29) is 19.1 Å².